The van der Waals surface area contributed by atoms with Crippen LogP contribution in [-0.4, -0.2) is 42.1 Å². The van der Waals surface area contributed by atoms with Crippen molar-refractivity contribution < 1.29 is 14.3 Å². The third-order valence-corrected chi connectivity index (χ3v) is 6.57. The predicted molar refractivity (Wildman–Crippen MR) is 139 cm³/mol. The number of piperidine rings is 1. The summed E-state index contributed by atoms with van der Waals surface area (Å²) in [5.41, 5.74) is 4.55. The number of rotatable bonds is 8. The quantitative estimate of drug-likeness (QED) is 0.352. The summed E-state index contributed by atoms with van der Waals surface area (Å²) in [4.78, 5) is 18.5. The third-order valence-electron chi connectivity index (χ3n) is 6.57. The molecular formula is C29H31N3O3. The second-order valence-corrected chi connectivity index (χ2v) is 9.07. The van der Waals surface area contributed by atoms with Gasteiger partial charge in [-0.15, -0.1) is 0 Å². The van der Waals surface area contributed by atoms with E-state index < -0.39 is 0 Å². The van der Waals surface area contributed by atoms with Crippen LogP contribution in [0.15, 0.2) is 78.9 Å². The number of fused-ring (bicyclic) bond motifs is 1. The molecule has 1 fully saturated rings. The van der Waals surface area contributed by atoms with Gasteiger partial charge in [0.05, 0.1) is 6.10 Å². The zero-order chi connectivity index (χ0) is 24.0. The van der Waals surface area contributed by atoms with E-state index in [2.05, 4.69) is 27.3 Å². The van der Waals surface area contributed by atoms with Gasteiger partial charge in [-0.05, 0) is 60.4 Å². The van der Waals surface area contributed by atoms with Gasteiger partial charge in [0.2, 0.25) is 0 Å². The Morgan fingerprint density at radius 2 is 1.74 bits per heavy atom. The van der Waals surface area contributed by atoms with Gasteiger partial charge in [0.25, 0.3) is 5.91 Å². The van der Waals surface area contributed by atoms with Crippen molar-refractivity contribution in [2.45, 2.75) is 32.1 Å². The fourth-order valence-corrected chi connectivity index (χ4v) is 4.52. The molecule has 0 saturated carbocycles. The Kier molecular flexibility index (Phi) is 7.12. The maximum absolute atomic E-state index is 12.8. The smallest absolute Gasteiger partial charge is 0.272 e. The zero-order valence-corrected chi connectivity index (χ0v) is 20.0. The molecule has 0 spiro atoms. The van der Waals surface area contributed by atoms with E-state index in [9.17, 15) is 4.79 Å². The number of aromatic amines is 1. The summed E-state index contributed by atoms with van der Waals surface area (Å²) >= 11 is 0. The minimum Gasteiger partial charge on any atom is -0.489 e. The first-order valence-electron chi connectivity index (χ1n) is 12.1. The molecular weight excluding hydrogens is 438 g/mol. The monoisotopic (exact) mass is 469 g/mol. The molecule has 5 rings (SSSR count). The fourth-order valence-electron chi connectivity index (χ4n) is 4.52. The number of likely N-dealkylation sites (tertiary alicyclic amines) is 1. The normalized spacial score (nSPS) is 14.8. The van der Waals surface area contributed by atoms with Crippen LogP contribution in [0.1, 0.15) is 34.5 Å². The molecule has 1 aliphatic heterocycles. The minimum absolute atomic E-state index is 0.164. The van der Waals surface area contributed by atoms with Crippen molar-refractivity contribution in [3.8, 4) is 5.75 Å². The van der Waals surface area contributed by atoms with Crippen molar-refractivity contribution in [2.24, 2.45) is 0 Å². The lowest BCUT2D eigenvalue weighted by Crippen LogP contribution is -2.36. The molecule has 3 aromatic carbocycles. The third kappa shape index (κ3) is 5.91. The van der Waals surface area contributed by atoms with Gasteiger partial charge in [-0.25, -0.2) is 0 Å². The van der Waals surface area contributed by atoms with Crippen molar-refractivity contribution in [1.82, 2.24) is 9.88 Å². The van der Waals surface area contributed by atoms with Gasteiger partial charge in [0, 0.05) is 43.3 Å². The highest BCUT2D eigenvalue weighted by Gasteiger charge is 2.18. The number of aromatic nitrogens is 1. The molecule has 2 N–H and O–H groups in total. The summed E-state index contributed by atoms with van der Waals surface area (Å²) in [6.45, 7) is 3.53. The van der Waals surface area contributed by atoms with Crippen LogP contribution in [0.2, 0.25) is 0 Å². The summed E-state index contributed by atoms with van der Waals surface area (Å²) in [7, 11) is 1.79. The van der Waals surface area contributed by atoms with Gasteiger partial charge in [-0.1, -0.05) is 42.5 Å². The van der Waals surface area contributed by atoms with E-state index in [0.29, 0.717) is 18.4 Å². The van der Waals surface area contributed by atoms with Gasteiger partial charge in [0.1, 0.15) is 18.1 Å². The highest BCUT2D eigenvalue weighted by atomic mass is 16.5. The van der Waals surface area contributed by atoms with Crippen LogP contribution < -0.4 is 10.1 Å². The molecule has 4 aromatic rings. The second kappa shape index (κ2) is 10.8. The SMILES string of the molecule is COC1CCN(Cc2ccc(NC(=O)c3cc4cc(OCc5ccccc5)ccc4[nH]3)cc2)CC1. The van der Waals surface area contributed by atoms with Crippen LogP contribution in [-0.2, 0) is 17.9 Å². The number of nitrogens with one attached hydrogen (secondary N) is 2. The van der Waals surface area contributed by atoms with Crippen LogP contribution >= 0.6 is 0 Å². The highest BCUT2D eigenvalue weighted by Crippen LogP contribution is 2.23. The number of benzene rings is 3. The molecule has 0 unspecified atom stereocenters. The zero-order valence-electron chi connectivity index (χ0n) is 20.0. The Balaban J connectivity index is 1.17. The van der Waals surface area contributed by atoms with Crippen molar-refractivity contribution >= 4 is 22.5 Å². The Bertz CT molecular complexity index is 1260. The molecule has 6 heteroatoms. The molecule has 0 bridgehead atoms. The lowest BCUT2D eigenvalue weighted by Gasteiger charge is -2.31. The lowest BCUT2D eigenvalue weighted by molar-refractivity contribution is 0.0389. The molecule has 0 atom stereocenters. The lowest BCUT2D eigenvalue weighted by atomic mass is 10.1. The number of anilines is 1. The van der Waals surface area contributed by atoms with Crippen molar-refractivity contribution in [3.63, 3.8) is 0 Å². The Morgan fingerprint density at radius 3 is 2.49 bits per heavy atom. The number of carbonyl (C=O) groups excluding carboxylic acids is 1. The van der Waals surface area contributed by atoms with Crippen LogP contribution in [0.3, 0.4) is 0 Å². The van der Waals surface area contributed by atoms with Gasteiger partial charge in [-0.3, -0.25) is 9.69 Å². The van der Waals surface area contributed by atoms with Gasteiger partial charge in [0.15, 0.2) is 0 Å². The molecule has 1 aromatic heterocycles. The van der Waals surface area contributed by atoms with E-state index in [0.717, 1.165) is 60.4 Å². The molecule has 35 heavy (non-hydrogen) atoms. The molecule has 0 aliphatic carbocycles. The van der Waals surface area contributed by atoms with Crippen LogP contribution in [0.4, 0.5) is 5.69 Å². The van der Waals surface area contributed by atoms with E-state index in [-0.39, 0.29) is 5.91 Å². The summed E-state index contributed by atoms with van der Waals surface area (Å²) in [5, 5.41) is 3.93. The molecule has 0 radical (unpaired) electrons. The van der Waals surface area contributed by atoms with E-state index >= 15 is 0 Å². The van der Waals surface area contributed by atoms with Crippen LogP contribution in [0.5, 0.6) is 5.75 Å². The van der Waals surface area contributed by atoms with Crippen LogP contribution in [0.25, 0.3) is 10.9 Å². The summed E-state index contributed by atoms with van der Waals surface area (Å²) in [5.74, 6) is 0.608. The van der Waals surface area contributed by atoms with Gasteiger partial charge < -0.3 is 19.8 Å². The van der Waals surface area contributed by atoms with Crippen molar-refractivity contribution in [2.75, 3.05) is 25.5 Å². The number of H-pyrrole nitrogens is 1. The molecule has 180 valence electrons. The first-order chi connectivity index (χ1) is 17.2. The standard InChI is InChI=1S/C29H31N3O3/c1-34-25-13-15-32(16-14-25)19-21-7-9-24(10-8-21)30-29(33)28-18-23-17-26(11-12-27(23)31-28)35-20-22-5-3-2-4-6-22/h2-12,17-18,25,31H,13-16,19-20H2,1H3,(H,30,33). The van der Waals surface area contributed by atoms with Crippen molar-refractivity contribution in [1.29, 1.82) is 0 Å². The maximum atomic E-state index is 12.8. The maximum Gasteiger partial charge on any atom is 0.272 e. The van der Waals surface area contributed by atoms with Crippen LogP contribution in [0, 0.1) is 0 Å². The van der Waals surface area contributed by atoms with E-state index in [1.807, 2.05) is 66.7 Å². The summed E-state index contributed by atoms with van der Waals surface area (Å²) < 4.78 is 11.4. The average Bonchev–Trinajstić information content (AvgIpc) is 3.33. The van der Waals surface area contributed by atoms with E-state index in [1.165, 1.54) is 5.56 Å². The highest BCUT2D eigenvalue weighted by molar-refractivity contribution is 6.06. The largest absolute Gasteiger partial charge is 0.489 e. The number of nitrogens with zero attached hydrogens (tertiary/aromatic N) is 1. The number of amides is 1. The number of methoxy groups -OCH3 is 1. The average molecular weight is 470 g/mol. The first-order valence-corrected chi connectivity index (χ1v) is 12.1. The number of hydrogen-bond donors (Lipinski definition) is 2. The first kappa shape index (κ1) is 23.1. The molecule has 2 heterocycles. The summed E-state index contributed by atoms with van der Waals surface area (Å²) in [6, 6.07) is 25.8. The molecule has 1 aliphatic rings. The minimum atomic E-state index is -0.164. The Labute approximate surface area is 205 Å². The molecule has 6 nitrogen and oxygen atoms in total. The van der Waals surface area contributed by atoms with Gasteiger partial charge in [-0.2, -0.15) is 0 Å². The fraction of sp³-hybridized carbons (Fsp3) is 0.276. The topological polar surface area (TPSA) is 66.6 Å². The Hall–Kier alpha value is -3.61. The molecule has 1 amide bonds. The van der Waals surface area contributed by atoms with E-state index in [4.69, 9.17) is 9.47 Å². The second-order valence-electron chi connectivity index (χ2n) is 9.07. The Morgan fingerprint density at radius 1 is 0.971 bits per heavy atom. The summed E-state index contributed by atoms with van der Waals surface area (Å²) in [6.07, 6.45) is 2.55. The number of hydrogen-bond acceptors (Lipinski definition) is 4. The number of carbonyl (C=O) groups is 1. The predicted octanol–water partition coefficient (Wildman–Crippen LogP) is 5.61. The van der Waals surface area contributed by atoms with Crippen molar-refractivity contribution in [3.05, 3.63) is 95.7 Å². The van der Waals surface area contributed by atoms with Gasteiger partial charge >= 0.3 is 0 Å². The van der Waals surface area contributed by atoms with E-state index in [1.54, 1.807) is 7.11 Å². The number of ether oxygens (including phenoxy) is 2. The molecule has 1 saturated heterocycles.